The minimum Gasteiger partial charge on any atom is -0.484 e. The highest BCUT2D eigenvalue weighted by Crippen LogP contribution is 2.18. The first-order valence-corrected chi connectivity index (χ1v) is 6.35. The number of benzene rings is 1. The van der Waals surface area contributed by atoms with Crippen molar-refractivity contribution in [3.8, 4) is 5.75 Å². The van der Waals surface area contributed by atoms with Gasteiger partial charge in [0.2, 0.25) is 0 Å². The van der Waals surface area contributed by atoms with E-state index in [2.05, 4.69) is 24.5 Å². The van der Waals surface area contributed by atoms with Crippen LogP contribution in [0.25, 0.3) is 0 Å². The average Bonchev–Trinajstić information content (AvgIpc) is 2.36. The Bertz CT molecular complexity index is 380. The van der Waals surface area contributed by atoms with Crippen molar-refractivity contribution < 1.29 is 9.53 Å². The molecular formula is C14H22N2O2. The van der Waals surface area contributed by atoms with E-state index >= 15 is 0 Å². The summed E-state index contributed by atoms with van der Waals surface area (Å²) >= 11 is 0. The summed E-state index contributed by atoms with van der Waals surface area (Å²) in [5.74, 6) is 0.569. The van der Waals surface area contributed by atoms with Crippen molar-refractivity contribution >= 4 is 11.6 Å². The second-order valence-electron chi connectivity index (χ2n) is 4.32. The molecule has 0 aliphatic carbocycles. The summed E-state index contributed by atoms with van der Waals surface area (Å²) < 4.78 is 5.39. The number of carbonyl (C=O) groups is 1. The average molecular weight is 250 g/mol. The number of likely N-dealkylation sites (N-methyl/N-ethyl adjacent to an activating group) is 1. The van der Waals surface area contributed by atoms with Gasteiger partial charge in [0.25, 0.3) is 5.91 Å². The first-order valence-electron chi connectivity index (χ1n) is 6.35. The Balaban J connectivity index is 2.53. The van der Waals surface area contributed by atoms with Crippen molar-refractivity contribution in [3.63, 3.8) is 0 Å². The number of rotatable bonds is 7. The molecule has 0 fully saturated rings. The van der Waals surface area contributed by atoms with E-state index in [4.69, 9.17) is 4.74 Å². The predicted molar refractivity (Wildman–Crippen MR) is 74.0 cm³/mol. The molecule has 0 bridgehead atoms. The van der Waals surface area contributed by atoms with Crippen LogP contribution in [0.4, 0.5) is 5.69 Å². The van der Waals surface area contributed by atoms with Crippen LogP contribution >= 0.6 is 0 Å². The highest BCUT2D eigenvalue weighted by molar-refractivity contribution is 5.77. The number of hydrogen-bond acceptors (Lipinski definition) is 3. The van der Waals surface area contributed by atoms with E-state index in [9.17, 15) is 4.79 Å². The van der Waals surface area contributed by atoms with E-state index in [-0.39, 0.29) is 12.5 Å². The van der Waals surface area contributed by atoms with E-state index < -0.39 is 0 Å². The SMILES string of the molecule is CCCC(C)Nc1cccc(OCC(=O)NC)c1. The lowest BCUT2D eigenvalue weighted by Crippen LogP contribution is -2.24. The molecule has 4 nitrogen and oxygen atoms in total. The predicted octanol–water partition coefficient (Wildman–Crippen LogP) is 2.41. The van der Waals surface area contributed by atoms with Gasteiger partial charge in [-0.25, -0.2) is 0 Å². The van der Waals surface area contributed by atoms with Crippen LogP contribution in [0, 0.1) is 0 Å². The molecule has 100 valence electrons. The van der Waals surface area contributed by atoms with Crippen LogP contribution in [0.15, 0.2) is 24.3 Å². The van der Waals surface area contributed by atoms with Crippen LogP contribution in [0.1, 0.15) is 26.7 Å². The van der Waals surface area contributed by atoms with Gasteiger partial charge in [-0.15, -0.1) is 0 Å². The molecule has 0 saturated carbocycles. The van der Waals surface area contributed by atoms with E-state index in [1.165, 1.54) is 0 Å². The Morgan fingerprint density at radius 2 is 2.22 bits per heavy atom. The Kier molecular flexibility index (Phi) is 6.05. The van der Waals surface area contributed by atoms with Crippen molar-refractivity contribution in [2.75, 3.05) is 19.0 Å². The third-order valence-electron chi connectivity index (χ3n) is 2.62. The highest BCUT2D eigenvalue weighted by atomic mass is 16.5. The largest absolute Gasteiger partial charge is 0.484 e. The van der Waals surface area contributed by atoms with Gasteiger partial charge in [-0.05, 0) is 25.5 Å². The molecule has 0 saturated heterocycles. The van der Waals surface area contributed by atoms with E-state index in [0.717, 1.165) is 18.5 Å². The fraction of sp³-hybridized carbons (Fsp3) is 0.500. The molecule has 1 atom stereocenters. The van der Waals surface area contributed by atoms with Gasteiger partial charge in [0, 0.05) is 24.8 Å². The van der Waals surface area contributed by atoms with Crippen molar-refractivity contribution in [1.82, 2.24) is 5.32 Å². The van der Waals surface area contributed by atoms with E-state index in [1.807, 2.05) is 24.3 Å². The van der Waals surface area contributed by atoms with Crippen LogP contribution in [0.3, 0.4) is 0 Å². The van der Waals surface area contributed by atoms with Gasteiger partial charge in [-0.2, -0.15) is 0 Å². The molecule has 18 heavy (non-hydrogen) atoms. The fourth-order valence-corrected chi connectivity index (χ4v) is 1.69. The van der Waals surface area contributed by atoms with Crippen molar-refractivity contribution in [1.29, 1.82) is 0 Å². The molecule has 1 aromatic carbocycles. The maximum Gasteiger partial charge on any atom is 0.257 e. The number of carbonyl (C=O) groups excluding carboxylic acids is 1. The summed E-state index contributed by atoms with van der Waals surface area (Å²) in [6, 6.07) is 8.11. The molecule has 0 heterocycles. The fourth-order valence-electron chi connectivity index (χ4n) is 1.69. The van der Waals surface area contributed by atoms with E-state index in [1.54, 1.807) is 7.05 Å². The molecule has 0 aliphatic heterocycles. The molecule has 1 amide bonds. The second kappa shape index (κ2) is 7.58. The molecule has 1 aromatic rings. The summed E-state index contributed by atoms with van der Waals surface area (Å²) in [5, 5.41) is 5.92. The highest BCUT2D eigenvalue weighted by Gasteiger charge is 2.03. The third-order valence-corrected chi connectivity index (χ3v) is 2.62. The minimum atomic E-state index is -0.132. The summed E-state index contributed by atoms with van der Waals surface area (Å²) in [6.45, 7) is 4.37. The molecule has 2 N–H and O–H groups in total. The zero-order valence-electron chi connectivity index (χ0n) is 11.3. The van der Waals surface area contributed by atoms with Gasteiger partial charge in [0.05, 0.1) is 0 Å². The normalized spacial score (nSPS) is 11.7. The standard InChI is InChI=1S/C14H22N2O2/c1-4-6-11(2)16-12-7-5-8-13(9-12)18-10-14(17)15-3/h5,7-9,11,16H,4,6,10H2,1-3H3,(H,15,17). The number of hydrogen-bond donors (Lipinski definition) is 2. The lowest BCUT2D eigenvalue weighted by molar-refractivity contribution is -0.122. The molecule has 0 aliphatic rings. The van der Waals surface area contributed by atoms with Crippen molar-refractivity contribution in [2.24, 2.45) is 0 Å². The number of anilines is 1. The van der Waals surface area contributed by atoms with Crippen LogP contribution in [0.2, 0.25) is 0 Å². The molecule has 4 heteroatoms. The first-order chi connectivity index (χ1) is 8.65. The van der Waals surface area contributed by atoms with Gasteiger partial charge >= 0.3 is 0 Å². The lowest BCUT2D eigenvalue weighted by atomic mass is 10.2. The van der Waals surface area contributed by atoms with Gasteiger partial charge in [0.1, 0.15) is 5.75 Å². The summed E-state index contributed by atoms with van der Waals surface area (Å²) in [4.78, 5) is 11.1. The quantitative estimate of drug-likeness (QED) is 0.781. The first kappa shape index (κ1) is 14.4. The Hall–Kier alpha value is -1.71. The molecule has 0 spiro atoms. The van der Waals surface area contributed by atoms with Crippen molar-refractivity contribution in [2.45, 2.75) is 32.7 Å². The molecule has 1 rings (SSSR count). The Morgan fingerprint density at radius 3 is 2.89 bits per heavy atom. The van der Waals surface area contributed by atoms with Gasteiger partial charge < -0.3 is 15.4 Å². The topological polar surface area (TPSA) is 50.4 Å². The van der Waals surface area contributed by atoms with Gasteiger partial charge in [0.15, 0.2) is 6.61 Å². The zero-order chi connectivity index (χ0) is 13.4. The lowest BCUT2D eigenvalue weighted by Gasteiger charge is -2.15. The number of amides is 1. The maximum absolute atomic E-state index is 11.1. The monoisotopic (exact) mass is 250 g/mol. The maximum atomic E-state index is 11.1. The Morgan fingerprint density at radius 1 is 1.44 bits per heavy atom. The van der Waals surface area contributed by atoms with E-state index in [0.29, 0.717) is 11.8 Å². The third kappa shape index (κ3) is 5.08. The van der Waals surface area contributed by atoms with Crippen molar-refractivity contribution in [3.05, 3.63) is 24.3 Å². The second-order valence-corrected chi connectivity index (χ2v) is 4.32. The molecule has 0 aromatic heterocycles. The molecule has 0 radical (unpaired) electrons. The zero-order valence-corrected chi connectivity index (χ0v) is 11.3. The van der Waals surface area contributed by atoms with Crippen LogP contribution < -0.4 is 15.4 Å². The molecule has 1 unspecified atom stereocenters. The Labute approximate surface area is 109 Å². The van der Waals surface area contributed by atoms with Gasteiger partial charge in [-0.3, -0.25) is 4.79 Å². The minimum absolute atomic E-state index is 0.0461. The van der Waals surface area contributed by atoms with Gasteiger partial charge in [-0.1, -0.05) is 19.4 Å². The summed E-state index contributed by atoms with van der Waals surface area (Å²) in [7, 11) is 1.59. The molecular weight excluding hydrogens is 228 g/mol. The number of nitrogens with one attached hydrogen (secondary N) is 2. The van der Waals surface area contributed by atoms with Crippen LogP contribution in [-0.2, 0) is 4.79 Å². The number of ether oxygens (including phenoxy) is 1. The summed E-state index contributed by atoms with van der Waals surface area (Å²) in [6.07, 6.45) is 2.28. The van der Waals surface area contributed by atoms with Crippen LogP contribution in [0.5, 0.6) is 5.75 Å². The van der Waals surface area contributed by atoms with Crippen LogP contribution in [-0.4, -0.2) is 25.6 Å². The summed E-state index contributed by atoms with van der Waals surface area (Å²) in [5.41, 5.74) is 1.02. The smallest absolute Gasteiger partial charge is 0.257 e.